The molecule has 4 N–H and O–H groups in total. The summed E-state index contributed by atoms with van der Waals surface area (Å²) in [7, 11) is 3.96. The number of hydrogen-bond donors (Lipinski definition) is 4. The van der Waals surface area contributed by atoms with E-state index in [1.807, 2.05) is 7.05 Å². The molecule has 0 radical (unpaired) electrons. The zero-order chi connectivity index (χ0) is 18.1. The minimum absolute atomic E-state index is 0. The molecule has 2 rings (SSSR count). The number of benzene rings is 1. The average molecular weight is 420 g/mol. The molecule has 1 saturated heterocycles. The summed E-state index contributed by atoms with van der Waals surface area (Å²) in [6.07, 6.45) is 3.24. The van der Waals surface area contributed by atoms with Crippen molar-refractivity contribution in [2.45, 2.75) is 31.7 Å². The van der Waals surface area contributed by atoms with Crippen molar-refractivity contribution in [3.8, 4) is 0 Å². The van der Waals surface area contributed by atoms with Crippen molar-refractivity contribution in [1.82, 2.24) is 15.5 Å². The van der Waals surface area contributed by atoms with Gasteiger partial charge >= 0.3 is 6.03 Å². The largest absolute Gasteiger partial charge is 0.335 e. The van der Waals surface area contributed by atoms with E-state index in [0.29, 0.717) is 12.1 Å². The predicted octanol–water partition coefficient (Wildman–Crippen LogP) is 2.68. The molecule has 3 amide bonds. The van der Waals surface area contributed by atoms with E-state index in [4.69, 9.17) is 0 Å². The maximum atomic E-state index is 12.1. The standard InChI is InChI=1S/C18H29N5O2.2ClH/c1-19-11-3-4-17(24)20-14-5-7-15(8-6-14)21-18(25)22-16-9-12-23(2)13-10-16;;/h5-8,16,19H,3-4,9-13H2,1-2H3,(H,20,24)(H2,21,22,25);2*1H. The van der Waals surface area contributed by atoms with Crippen LogP contribution in [0.3, 0.4) is 0 Å². The molecule has 0 bridgehead atoms. The lowest BCUT2D eigenvalue weighted by atomic mass is 10.1. The minimum atomic E-state index is -0.182. The number of likely N-dealkylation sites (tertiary alicyclic amines) is 1. The summed E-state index contributed by atoms with van der Waals surface area (Å²) in [5.74, 6) is -0.00373. The molecule has 1 aliphatic rings. The van der Waals surface area contributed by atoms with Crippen molar-refractivity contribution < 1.29 is 9.59 Å². The fourth-order valence-electron chi connectivity index (χ4n) is 2.79. The van der Waals surface area contributed by atoms with Crippen LogP contribution in [0, 0.1) is 0 Å². The molecule has 0 aliphatic carbocycles. The van der Waals surface area contributed by atoms with Crippen molar-refractivity contribution in [1.29, 1.82) is 0 Å². The SMILES string of the molecule is CNCCCC(=O)Nc1ccc(NC(=O)NC2CCN(C)CC2)cc1.Cl.Cl. The monoisotopic (exact) mass is 419 g/mol. The highest BCUT2D eigenvalue weighted by Crippen LogP contribution is 2.14. The van der Waals surface area contributed by atoms with E-state index in [2.05, 4.69) is 33.2 Å². The molecule has 1 heterocycles. The Kier molecular flexibility index (Phi) is 12.8. The lowest BCUT2D eigenvalue weighted by molar-refractivity contribution is -0.116. The van der Waals surface area contributed by atoms with Crippen LogP contribution in [0.15, 0.2) is 24.3 Å². The lowest BCUT2D eigenvalue weighted by Gasteiger charge is -2.29. The first-order valence-electron chi connectivity index (χ1n) is 8.87. The first kappa shape index (κ1) is 25.5. The van der Waals surface area contributed by atoms with E-state index in [0.717, 1.165) is 44.6 Å². The Morgan fingerprint density at radius 2 is 1.59 bits per heavy atom. The first-order chi connectivity index (χ1) is 12.1. The maximum absolute atomic E-state index is 12.1. The van der Waals surface area contributed by atoms with Crippen molar-refractivity contribution in [2.24, 2.45) is 0 Å². The Bertz CT molecular complexity index is 563. The number of nitrogens with one attached hydrogen (secondary N) is 4. The Hall–Kier alpha value is -1.54. The maximum Gasteiger partial charge on any atom is 0.319 e. The highest BCUT2D eigenvalue weighted by atomic mass is 35.5. The van der Waals surface area contributed by atoms with Crippen LogP contribution in [0.4, 0.5) is 16.2 Å². The third-order valence-electron chi connectivity index (χ3n) is 4.31. The molecule has 1 fully saturated rings. The number of nitrogens with zero attached hydrogens (tertiary/aromatic N) is 1. The Morgan fingerprint density at radius 1 is 1.04 bits per heavy atom. The second-order valence-corrected chi connectivity index (χ2v) is 6.51. The summed E-state index contributed by atoms with van der Waals surface area (Å²) < 4.78 is 0. The number of urea groups is 1. The van der Waals surface area contributed by atoms with E-state index in [1.54, 1.807) is 24.3 Å². The van der Waals surface area contributed by atoms with Crippen molar-refractivity contribution >= 4 is 48.1 Å². The third kappa shape index (κ3) is 9.81. The number of carbonyl (C=O) groups is 2. The molecule has 0 atom stereocenters. The number of amides is 3. The highest BCUT2D eigenvalue weighted by Gasteiger charge is 2.18. The zero-order valence-corrected chi connectivity index (χ0v) is 17.5. The van der Waals surface area contributed by atoms with Gasteiger partial charge in [0, 0.05) is 23.8 Å². The van der Waals surface area contributed by atoms with Gasteiger partial charge in [-0.3, -0.25) is 4.79 Å². The average Bonchev–Trinajstić information content (AvgIpc) is 2.59. The van der Waals surface area contributed by atoms with Crippen LogP contribution < -0.4 is 21.3 Å². The molecule has 27 heavy (non-hydrogen) atoms. The van der Waals surface area contributed by atoms with Crippen LogP contribution in [0.5, 0.6) is 0 Å². The van der Waals surface area contributed by atoms with Gasteiger partial charge in [-0.1, -0.05) is 0 Å². The van der Waals surface area contributed by atoms with Crippen LogP contribution in [0.25, 0.3) is 0 Å². The second-order valence-electron chi connectivity index (χ2n) is 6.51. The van der Waals surface area contributed by atoms with Gasteiger partial charge in [0.1, 0.15) is 0 Å². The third-order valence-corrected chi connectivity index (χ3v) is 4.31. The van der Waals surface area contributed by atoms with Crippen LogP contribution >= 0.6 is 24.8 Å². The Morgan fingerprint density at radius 3 is 2.15 bits per heavy atom. The highest BCUT2D eigenvalue weighted by molar-refractivity contribution is 5.92. The van der Waals surface area contributed by atoms with Gasteiger partial charge in [-0.2, -0.15) is 0 Å². The number of rotatable bonds is 7. The van der Waals surface area contributed by atoms with Gasteiger partial charge in [0.05, 0.1) is 0 Å². The number of carbonyl (C=O) groups excluding carboxylic acids is 2. The topological polar surface area (TPSA) is 85.5 Å². The van der Waals surface area contributed by atoms with Crippen molar-refractivity contribution in [3.05, 3.63) is 24.3 Å². The molecular weight excluding hydrogens is 389 g/mol. The molecule has 9 heteroatoms. The van der Waals surface area contributed by atoms with Crippen LogP contribution in [0.2, 0.25) is 0 Å². The molecule has 1 aliphatic heterocycles. The number of anilines is 2. The molecule has 154 valence electrons. The van der Waals surface area contributed by atoms with Crippen LogP contribution in [0.1, 0.15) is 25.7 Å². The molecule has 0 unspecified atom stereocenters. The molecular formula is C18H31Cl2N5O2. The van der Waals surface area contributed by atoms with Crippen molar-refractivity contribution in [2.75, 3.05) is 44.4 Å². The number of piperidine rings is 1. The fourth-order valence-corrected chi connectivity index (χ4v) is 2.79. The summed E-state index contributed by atoms with van der Waals surface area (Å²) in [6, 6.07) is 7.21. The van der Waals surface area contributed by atoms with Gasteiger partial charge in [0.15, 0.2) is 0 Å². The van der Waals surface area contributed by atoms with E-state index in [-0.39, 0.29) is 42.8 Å². The Labute approximate surface area is 173 Å². The van der Waals surface area contributed by atoms with E-state index >= 15 is 0 Å². The second kappa shape index (κ2) is 13.6. The molecule has 0 spiro atoms. The van der Waals surface area contributed by atoms with E-state index in [1.165, 1.54) is 0 Å². The molecule has 1 aromatic rings. The minimum Gasteiger partial charge on any atom is -0.335 e. The normalized spacial score (nSPS) is 14.4. The molecule has 0 aromatic heterocycles. The number of hydrogen-bond acceptors (Lipinski definition) is 4. The zero-order valence-electron chi connectivity index (χ0n) is 15.9. The predicted molar refractivity (Wildman–Crippen MR) is 115 cm³/mol. The van der Waals surface area contributed by atoms with Crippen molar-refractivity contribution in [3.63, 3.8) is 0 Å². The van der Waals surface area contributed by atoms with Gasteiger partial charge in [0.2, 0.25) is 5.91 Å². The molecule has 7 nitrogen and oxygen atoms in total. The molecule has 1 aromatic carbocycles. The van der Waals surface area contributed by atoms with E-state index < -0.39 is 0 Å². The summed E-state index contributed by atoms with van der Waals surface area (Å²) >= 11 is 0. The lowest BCUT2D eigenvalue weighted by Crippen LogP contribution is -2.44. The molecule has 0 saturated carbocycles. The van der Waals surface area contributed by atoms with E-state index in [9.17, 15) is 9.59 Å². The van der Waals surface area contributed by atoms with Gasteiger partial charge in [0.25, 0.3) is 0 Å². The van der Waals surface area contributed by atoms with Gasteiger partial charge < -0.3 is 26.2 Å². The fraction of sp³-hybridized carbons (Fsp3) is 0.556. The Balaban J connectivity index is 0.00000338. The quantitative estimate of drug-likeness (QED) is 0.511. The van der Waals surface area contributed by atoms with Crippen LogP contribution in [-0.4, -0.2) is 56.6 Å². The summed E-state index contributed by atoms with van der Waals surface area (Å²) in [6.45, 7) is 2.84. The van der Waals surface area contributed by atoms with Gasteiger partial charge in [-0.05, 0) is 77.3 Å². The number of halogens is 2. The smallest absolute Gasteiger partial charge is 0.319 e. The van der Waals surface area contributed by atoms with Gasteiger partial charge in [-0.25, -0.2) is 4.79 Å². The summed E-state index contributed by atoms with van der Waals surface area (Å²) in [5.41, 5.74) is 1.44. The van der Waals surface area contributed by atoms with Crippen LogP contribution in [-0.2, 0) is 4.79 Å². The summed E-state index contributed by atoms with van der Waals surface area (Å²) in [5, 5.41) is 11.7. The first-order valence-corrected chi connectivity index (χ1v) is 8.87. The van der Waals surface area contributed by atoms with Gasteiger partial charge in [-0.15, -0.1) is 24.8 Å². The summed E-state index contributed by atoms with van der Waals surface area (Å²) in [4.78, 5) is 26.1.